The van der Waals surface area contributed by atoms with Crippen LogP contribution >= 0.6 is 0 Å². The van der Waals surface area contributed by atoms with E-state index in [9.17, 15) is 0 Å². The molecule has 2 nitrogen and oxygen atoms in total. The molecule has 2 heteroatoms. The van der Waals surface area contributed by atoms with E-state index in [4.69, 9.17) is 5.73 Å². The predicted octanol–water partition coefficient (Wildman–Crippen LogP) is 2.59. The minimum atomic E-state index is -0.259. The fraction of sp³-hybridized carbons (Fsp3) is 0.294. The number of likely N-dealkylation sites (tertiary alicyclic amines) is 1. The average Bonchev–Trinajstić information content (AvgIpc) is 2.40. The van der Waals surface area contributed by atoms with Gasteiger partial charge in [-0.05, 0) is 25.1 Å². The van der Waals surface area contributed by atoms with Crippen molar-refractivity contribution in [2.45, 2.75) is 18.0 Å². The Labute approximate surface area is 114 Å². The Morgan fingerprint density at radius 3 is 1.63 bits per heavy atom. The van der Waals surface area contributed by atoms with Crippen LogP contribution in [0.15, 0.2) is 60.7 Å². The summed E-state index contributed by atoms with van der Waals surface area (Å²) in [5.74, 6) is 0. The summed E-state index contributed by atoms with van der Waals surface area (Å²) in [4.78, 5) is 2.34. The van der Waals surface area contributed by atoms with E-state index in [1.54, 1.807) is 0 Å². The molecule has 0 radical (unpaired) electrons. The van der Waals surface area contributed by atoms with E-state index in [2.05, 4.69) is 79.5 Å². The molecule has 2 aromatic carbocycles. The van der Waals surface area contributed by atoms with E-state index < -0.39 is 0 Å². The topological polar surface area (TPSA) is 29.3 Å². The van der Waals surface area contributed by atoms with E-state index >= 15 is 0 Å². The molecular formula is C17H20N2. The first kappa shape index (κ1) is 12.4. The quantitative estimate of drug-likeness (QED) is 0.890. The summed E-state index contributed by atoms with van der Waals surface area (Å²) in [5, 5.41) is 0. The van der Waals surface area contributed by atoms with Crippen LogP contribution in [0.25, 0.3) is 0 Å². The molecule has 0 amide bonds. The van der Waals surface area contributed by atoms with Gasteiger partial charge in [0, 0.05) is 6.54 Å². The number of benzene rings is 2. The van der Waals surface area contributed by atoms with Gasteiger partial charge in [-0.15, -0.1) is 0 Å². The highest BCUT2D eigenvalue weighted by molar-refractivity contribution is 5.46. The van der Waals surface area contributed by atoms with Gasteiger partial charge < -0.3 is 5.73 Å². The third-order valence-corrected chi connectivity index (χ3v) is 4.35. The molecule has 1 aliphatic heterocycles. The Morgan fingerprint density at radius 2 is 1.32 bits per heavy atom. The van der Waals surface area contributed by atoms with Crippen LogP contribution < -0.4 is 5.73 Å². The minimum absolute atomic E-state index is 0.227. The molecule has 1 fully saturated rings. The summed E-state index contributed by atoms with van der Waals surface area (Å²) in [6, 6.07) is 21.1. The summed E-state index contributed by atoms with van der Waals surface area (Å²) in [6.07, 6.45) is 0. The summed E-state index contributed by atoms with van der Waals surface area (Å²) in [5.41, 5.74) is 8.66. The molecule has 0 aliphatic carbocycles. The monoisotopic (exact) mass is 252 g/mol. The van der Waals surface area contributed by atoms with Crippen molar-refractivity contribution in [2.75, 3.05) is 13.6 Å². The van der Waals surface area contributed by atoms with Crippen molar-refractivity contribution in [1.29, 1.82) is 0 Å². The Hall–Kier alpha value is -1.64. The second-order valence-corrected chi connectivity index (χ2v) is 5.72. The van der Waals surface area contributed by atoms with Crippen LogP contribution in [0.5, 0.6) is 0 Å². The molecule has 1 unspecified atom stereocenters. The highest BCUT2D eigenvalue weighted by Crippen LogP contribution is 2.50. The van der Waals surface area contributed by atoms with Gasteiger partial charge >= 0.3 is 0 Å². The molecule has 0 aromatic heterocycles. The Kier molecular flexibility index (Phi) is 2.73. The predicted molar refractivity (Wildman–Crippen MR) is 78.9 cm³/mol. The molecule has 19 heavy (non-hydrogen) atoms. The van der Waals surface area contributed by atoms with Crippen molar-refractivity contribution in [3.63, 3.8) is 0 Å². The lowest BCUT2D eigenvalue weighted by molar-refractivity contribution is -0.0486. The lowest BCUT2D eigenvalue weighted by atomic mass is 9.61. The van der Waals surface area contributed by atoms with Crippen LogP contribution in [0.4, 0.5) is 0 Å². The first-order valence-corrected chi connectivity index (χ1v) is 6.70. The summed E-state index contributed by atoms with van der Waals surface area (Å²) >= 11 is 0. The largest absolute Gasteiger partial charge is 0.322 e. The molecule has 0 bridgehead atoms. The highest BCUT2D eigenvalue weighted by atomic mass is 15.3. The van der Waals surface area contributed by atoms with Gasteiger partial charge in [-0.1, -0.05) is 60.7 Å². The molecule has 1 aliphatic rings. The van der Waals surface area contributed by atoms with Crippen LogP contribution in [0, 0.1) is 0 Å². The van der Waals surface area contributed by atoms with Crippen molar-refractivity contribution < 1.29 is 0 Å². The minimum Gasteiger partial charge on any atom is -0.322 e. The van der Waals surface area contributed by atoms with Gasteiger partial charge in [0.25, 0.3) is 0 Å². The number of nitrogens with two attached hydrogens (primary N) is 1. The Bertz CT molecular complexity index is 521. The van der Waals surface area contributed by atoms with E-state index in [1.807, 2.05) is 0 Å². The van der Waals surface area contributed by atoms with E-state index in [-0.39, 0.29) is 11.1 Å². The zero-order valence-electron chi connectivity index (χ0n) is 11.5. The Balaban J connectivity index is 2.24. The smallest absolute Gasteiger partial charge is 0.0906 e. The van der Waals surface area contributed by atoms with Gasteiger partial charge in [0.2, 0.25) is 0 Å². The van der Waals surface area contributed by atoms with Gasteiger partial charge in [-0.25, -0.2) is 0 Å². The van der Waals surface area contributed by atoms with Crippen molar-refractivity contribution in [2.24, 2.45) is 5.73 Å². The van der Waals surface area contributed by atoms with Gasteiger partial charge in [-0.3, -0.25) is 4.90 Å². The Morgan fingerprint density at radius 1 is 0.895 bits per heavy atom. The fourth-order valence-electron chi connectivity index (χ4n) is 3.70. The highest BCUT2D eigenvalue weighted by Gasteiger charge is 2.59. The normalized spacial score (nSPS) is 25.8. The van der Waals surface area contributed by atoms with Gasteiger partial charge in [0.05, 0.1) is 11.1 Å². The molecule has 1 heterocycles. The SMILES string of the molecule is CN1CC(C)(N)C1(c1ccccc1)c1ccccc1. The molecule has 3 rings (SSSR count). The maximum absolute atomic E-state index is 6.61. The van der Waals surface area contributed by atoms with Crippen molar-refractivity contribution in [3.05, 3.63) is 71.8 Å². The summed E-state index contributed by atoms with van der Waals surface area (Å²) in [7, 11) is 2.15. The molecule has 2 aromatic rings. The number of nitrogens with zero attached hydrogens (tertiary/aromatic N) is 1. The maximum atomic E-state index is 6.61. The van der Waals surface area contributed by atoms with E-state index in [0.29, 0.717) is 0 Å². The lowest BCUT2D eigenvalue weighted by Crippen LogP contribution is -2.78. The molecular weight excluding hydrogens is 232 g/mol. The van der Waals surface area contributed by atoms with E-state index in [0.717, 1.165) is 6.54 Å². The number of hydrogen-bond acceptors (Lipinski definition) is 2. The second-order valence-electron chi connectivity index (χ2n) is 5.72. The zero-order valence-corrected chi connectivity index (χ0v) is 11.5. The van der Waals surface area contributed by atoms with Gasteiger partial charge in [0.1, 0.15) is 0 Å². The van der Waals surface area contributed by atoms with E-state index in [1.165, 1.54) is 11.1 Å². The average molecular weight is 252 g/mol. The van der Waals surface area contributed by atoms with Crippen molar-refractivity contribution in [1.82, 2.24) is 4.90 Å². The molecule has 0 saturated carbocycles. The standard InChI is InChI=1S/C17H20N2/c1-16(18)13-19(2)17(16,14-9-5-3-6-10-14)15-11-7-4-8-12-15/h3-12H,13,18H2,1-2H3. The van der Waals surface area contributed by atoms with Crippen LogP contribution in [-0.2, 0) is 5.54 Å². The van der Waals surface area contributed by atoms with Crippen molar-refractivity contribution in [3.8, 4) is 0 Å². The fourth-order valence-corrected chi connectivity index (χ4v) is 3.70. The number of likely N-dealkylation sites (N-methyl/N-ethyl adjacent to an activating group) is 1. The zero-order chi connectivity index (χ0) is 13.5. The van der Waals surface area contributed by atoms with Crippen LogP contribution in [0.1, 0.15) is 18.1 Å². The van der Waals surface area contributed by atoms with Crippen molar-refractivity contribution >= 4 is 0 Å². The summed E-state index contributed by atoms with van der Waals surface area (Å²) < 4.78 is 0. The van der Waals surface area contributed by atoms with Crippen LogP contribution in [0.2, 0.25) is 0 Å². The molecule has 2 N–H and O–H groups in total. The van der Waals surface area contributed by atoms with Crippen LogP contribution in [0.3, 0.4) is 0 Å². The lowest BCUT2D eigenvalue weighted by Gasteiger charge is -2.63. The molecule has 0 spiro atoms. The second kappa shape index (κ2) is 4.19. The van der Waals surface area contributed by atoms with Gasteiger partial charge in [-0.2, -0.15) is 0 Å². The molecule has 98 valence electrons. The third kappa shape index (κ3) is 1.57. The molecule has 1 saturated heterocycles. The number of hydrogen-bond donors (Lipinski definition) is 1. The third-order valence-electron chi connectivity index (χ3n) is 4.35. The maximum Gasteiger partial charge on any atom is 0.0906 e. The first-order valence-electron chi connectivity index (χ1n) is 6.70. The summed E-state index contributed by atoms with van der Waals surface area (Å²) in [6.45, 7) is 3.05. The first-order chi connectivity index (χ1) is 9.09. The van der Waals surface area contributed by atoms with Crippen LogP contribution in [-0.4, -0.2) is 24.0 Å². The number of rotatable bonds is 2. The van der Waals surface area contributed by atoms with Gasteiger partial charge in [0.15, 0.2) is 0 Å². The molecule has 1 atom stereocenters.